The predicted molar refractivity (Wildman–Crippen MR) is 73.3 cm³/mol. The van der Waals surface area contributed by atoms with E-state index in [1.165, 1.54) is 0 Å². The lowest BCUT2D eigenvalue weighted by atomic mass is 10.3. The summed E-state index contributed by atoms with van der Waals surface area (Å²) < 4.78 is 6.36. The third kappa shape index (κ3) is 7.30. The van der Waals surface area contributed by atoms with Gasteiger partial charge >= 0.3 is 12.0 Å². The Kier molecular flexibility index (Phi) is 6.73. The van der Waals surface area contributed by atoms with E-state index in [0.29, 0.717) is 13.2 Å². The van der Waals surface area contributed by atoms with Gasteiger partial charge in [-0.15, -0.1) is 0 Å². The van der Waals surface area contributed by atoms with Crippen molar-refractivity contribution in [3.05, 3.63) is 28.7 Å². The van der Waals surface area contributed by atoms with Crippen LogP contribution in [0.5, 0.6) is 5.75 Å². The average molecular weight is 331 g/mol. The third-order valence-corrected chi connectivity index (χ3v) is 2.62. The van der Waals surface area contributed by atoms with E-state index in [1.54, 1.807) is 0 Å². The molecule has 0 unspecified atom stereocenters. The lowest BCUT2D eigenvalue weighted by molar-refractivity contribution is -0.136. The number of carboxylic acids is 1. The van der Waals surface area contributed by atoms with Crippen molar-refractivity contribution in [2.24, 2.45) is 0 Å². The van der Waals surface area contributed by atoms with Gasteiger partial charge in [-0.05, 0) is 24.3 Å². The van der Waals surface area contributed by atoms with Gasteiger partial charge in [-0.2, -0.15) is 0 Å². The summed E-state index contributed by atoms with van der Waals surface area (Å²) in [5.41, 5.74) is 0. The van der Waals surface area contributed by atoms with E-state index in [4.69, 9.17) is 9.84 Å². The molecule has 7 heteroatoms. The Labute approximate surface area is 119 Å². The molecule has 0 bridgehead atoms. The molecule has 19 heavy (non-hydrogen) atoms. The zero-order valence-electron chi connectivity index (χ0n) is 10.2. The Balaban J connectivity index is 2.08. The summed E-state index contributed by atoms with van der Waals surface area (Å²) in [6.45, 7) is 0.789. The molecular formula is C12H15BrN2O4. The summed E-state index contributed by atoms with van der Waals surface area (Å²) >= 11 is 3.32. The first-order valence-electron chi connectivity index (χ1n) is 5.70. The van der Waals surface area contributed by atoms with Crippen molar-refractivity contribution in [2.45, 2.75) is 6.42 Å². The summed E-state index contributed by atoms with van der Waals surface area (Å²) in [6.07, 6.45) is -0.0944. The fraction of sp³-hybridized carbons (Fsp3) is 0.333. The maximum atomic E-state index is 11.2. The molecule has 0 aliphatic carbocycles. The molecule has 0 saturated heterocycles. The predicted octanol–water partition coefficient (Wildman–Crippen LogP) is 1.60. The first-order chi connectivity index (χ1) is 9.08. The molecule has 0 spiro atoms. The number of carboxylic acid groups (broad SMARTS) is 1. The summed E-state index contributed by atoms with van der Waals surface area (Å²) in [6, 6.07) is 6.96. The van der Waals surface area contributed by atoms with Gasteiger partial charge in [-0.25, -0.2) is 4.79 Å². The van der Waals surface area contributed by atoms with E-state index in [2.05, 4.69) is 26.6 Å². The van der Waals surface area contributed by atoms with Gasteiger partial charge in [0.05, 0.1) is 13.0 Å². The highest BCUT2D eigenvalue weighted by atomic mass is 79.9. The first-order valence-corrected chi connectivity index (χ1v) is 6.49. The molecule has 0 aliphatic heterocycles. The van der Waals surface area contributed by atoms with Gasteiger partial charge in [0, 0.05) is 11.0 Å². The van der Waals surface area contributed by atoms with Crippen molar-refractivity contribution in [1.82, 2.24) is 10.6 Å². The zero-order valence-corrected chi connectivity index (χ0v) is 11.8. The van der Waals surface area contributed by atoms with Gasteiger partial charge in [0.2, 0.25) is 0 Å². The second-order valence-corrected chi connectivity index (χ2v) is 4.54. The molecule has 0 fully saturated rings. The maximum Gasteiger partial charge on any atom is 0.314 e. The molecule has 0 saturated carbocycles. The van der Waals surface area contributed by atoms with Crippen LogP contribution in [0.15, 0.2) is 28.7 Å². The van der Waals surface area contributed by atoms with E-state index in [-0.39, 0.29) is 13.0 Å². The number of nitrogens with one attached hydrogen (secondary N) is 2. The Bertz CT molecular complexity index is 422. The van der Waals surface area contributed by atoms with Crippen LogP contribution in [0, 0.1) is 0 Å². The van der Waals surface area contributed by atoms with E-state index >= 15 is 0 Å². The second-order valence-electron chi connectivity index (χ2n) is 3.63. The second kappa shape index (κ2) is 8.36. The molecule has 1 aromatic carbocycles. The van der Waals surface area contributed by atoms with Crippen LogP contribution in [0.1, 0.15) is 6.42 Å². The number of carbonyl (C=O) groups excluding carboxylic acids is 1. The molecule has 1 aromatic rings. The van der Waals surface area contributed by atoms with E-state index in [1.807, 2.05) is 24.3 Å². The smallest absolute Gasteiger partial charge is 0.314 e. The average Bonchev–Trinajstić information content (AvgIpc) is 2.36. The molecule has 1 rings (SSSR count). The van der Waals surface area contributed by atoms with Crippen LogP contribution in [0.25, 0.3) is 0 Å². The van der Waals surface area contributed by atoms with Gasteiger partial charge in [0.25, 0.3) is 0 Å². The molecule has 0 radical (unpaired) electrons. The first kappa shape index (κ1) is 15.3. The molecule has 0 aliphatic rings. The number of ether oxygens (including phenoxy) is 1. The fourth-order valence-electron chi connectivity index (χ4n) is 1.21. The van der Waals surface area contributed by atoms with Gasteiger partial charge in [-0.3, -0.25) is 4.79 Å². The highest BCUT2D eigenvalue weighted by molar-refractivity contribution is 9.10. The van der Waals surface area contributed by atoms with Gasteiger partial charge in [0.1, 0.15) is 12.4 Å². The number of urea groups is 1. The van der Waals surface area contributed by atoms with Crippen molar-refractivity contribution in [1.29, 1.82) is 0 Å². The van der Waals surface area contributed by atoms with Crippen LogP contribution < -0.4 is 15.4 Å². The van der Waals surface area contributed by atoms with Crippen LogP contribution in [-0.2, 0) is 4.79 Å². The Morgan fingerprint density at radius 3 is 2.42 bits per heavy atom. The molecule has 2 amide bonds. The third-order valence-electron chi connectivity index (χ3n) is 2.09. The van der Waals surface area contributed by atoms with Crippen molar-refractivity contribution >= 4 is 27.9 Å². The van der Waals surface area contributed by atoms with Crippen molar-refractivity contribution in [2.75, 3.05) is 19.7 Å². The van der Waals surface area contributed by atoms with Crippen LogP contribution >= 0.6 is 15.9 Å². The molecule has 0 heterocycles. The normalized spacial score (nSPS) is 9.74. The zero-order chi connectivity index (χ0) is 14.1. The fourth-order valence-corrected chi connectivity index (χ4v) is 1.47. The molecule has 0 atom stereocenters. The number of carbonyl (C=O) groups is 2. The number of aliphatic carboxylic acids is 1. The SMILES string of the molecule is O=C(O)CCNC(=O)NCCOc1ccc(Br)cc1. The highest BCUT2D eigenvalue weighted by Gasteiger charge is 2.01. The minimum atomic E-state index is -0.945. The molecule has 3 N–H and O–H groups in total. The van der Waals surface area contributed by atoms with Gasteiger partial charge < -0.3 is 20.5 Å². The largest absolute Gasteiger partial charge is 0.492 e. The number of benzene rings is 1. The Hall–Kier alpha value is -1.76. The van der Waals surface area contributed by atoms with Crippen molar-refractivity contribution in [3.63, 3.8) is 0 Å². The summed E-state index contributed by atoms with van der Waals surface area (Å²) in [7, 11) is 0. The van der Waals surface area contributed by atoms with Crippen LogP contribution in [-0.4, -0.2) is 36.8 Å². The summed E-state index contributed by atoms with van der Waals surface area (Å²) in [5.74, 6) is -0.227. The monoisotopic (exact) mass is 330 g/mol. The number of halogens is 1. The van der Waals surface area contributed by atoms with Crippen LogP contribution in [0.4, 0.5) is 4.79 Å². The quantitative estimate of drug-likeness (QED) is 0.662. The molecule has 6 nitrogen and oxygen atoms in total. The number of rotatable bonds is 7. The minimum absolute atomic E-state index is 0.0944. The Morgan fingerprint density at radius 1 is 1.16 bits per heavy atom. The molecule has 0 aromatic heterocycles. The lowest BCUT2D eigenvalue weighted by Gasteiger charge is -2.08. The van der Waals surface area contributed by atoms with Crippen LogP contribution in [0.3, 0.4) is 0 Å². The summed E-state index contributed by atoms with van der Waals surface area (Å²) in [4.78, 5) is 21.4. The van der Waals surface area contributed by atoms with Gasteiger partial charge in [-0.1, -0.05) is 15.9 Å². The maximum absolute atomic E-state index is 11.2. The molecule has 104 valence electrons. The number of hydrogen-bond donors (Lipinski definition) is 3. The van der Waals surface area contributed by atoms with Crippen molar-refractivity contribution < 1.29 is 19.4 Å². The van der Waals surface area contributed by atoms with E-state index in [9.17, 15) is 9.59 Å². The lowest BCUT2D eigenvalue weighted by Crippen LogP contribution is -2.38. The minimum Gasteiger partial charge on any atom is -0.492 e. The van der Waals surface area contributed by atoms with E-state index in [0.717, 1.165) is 10.2 Å². The molecular weight excluding hydrogens is 316 g/mol. The summed E-state index contributed by atoms with van der Waals surface area (Å²) in [5, 5.41) is 13.4. The Morgan fingerprint density at radius 2 is 1.79 bits per heavy atom. The van der Waals surface area contributed by atoms with E-state index < -0.39 is 12.0 Å². The standard InChI is InChI=1S/C12H15BrN2O4/c13-9-1-3-10(4-2-9)19-8-7-15-12(18)14-6-5-11(16)17/h1-4H,5-8H2,(H,16,17)(H2,14,15,18). The van der Waals surface area contributed by atoms with Gasteiger partial charge in [0.15, 0.2) is 0 Å². The number of amides is 2. The van der Waals surface area contributed by atoms with Crippen molar-refractivity contribution in [3.8, 4) is 5.75 Å². The number of hydrogen-bond acceptors (Lipinski definition) is 3. The topological polar surface area (TPSA) is 87.7 Å². The highest BCUT2D eigenvalue weighted by Crippen LogP contribution is 2.15. The van der Waals surface area contributed by atoms with Crippen LogP contribution in [0.2, 0.25) is 0 Å².